The maximum absolute atomic E-state index is 12.2. The van der Waals surface area contributed by atoms with Gasteiger partial charge < -0.3 is 20.7 Å². The smallest absolute Gasteiger partial charge is 0.408 e. The number of rotatable bonds is 7. The van der Waals surface area contributed by atoms with E-state index < -0.39 is 11.7 Å². The van der Waals surface area contributed by atoms with E-state index in [1.54, 1.807) is 26.8 Å². The molecule has 3 amide bonds. The SMILES string of the molecule is CC(C)(C)OC(=O)NCC(=O)Nc1cccc(CNC(=O)CC2CCCCC2)c1. The summed E-state index contributed by atoms with van der Waals surface area (Å²) < 4.78 is 5.10. The van der Waals surface area contributed by atoms with E-state index in [0.29, 0.717) is 24.6 Å². The Morgan fingerprint density at radius 2 is 1.76 bits per heavy atom. The third kappa shape index (κ3) is 9.45. The van der Waals surface area contributed by atoms with Gasteiger partial charge in [0, 0.05) is 18.7 Å². The van der Waals surface area contributed by atoms with Crippen molar-refractivity contribution < 1.29 is 19.1 Å². The first kappa shape index (κ1) is 22.7. The highest BCUT2D eigenvalue weighted by atomic mass is 16.6. The highest BCUT2D eigenvalue weighted by molar-refractivity contribution is 5.93. The predicted octanol–water partition coefficient (Wildman–Crippen LogP) is 3.74. The molecule has 0 radical (unpaired) electrons. The molecule has 1 aromatic carbocycles. The Bertz CT molecular complexity index is 706. The van der Waals surface area contributed by atoms with Gasteiger partial charge in [-0.15, -0.1) is 0 Å². The third-order valence-electron chi connectivity index (χ3n) is 4.69. The summed E-state index contributed by atoms with van der Waals surface area (Å²) in [6.07, 6.45) is 5.97. The predicted molar refractivity (Wildman–Crippen MR) is 112 cm³/mol. The molecule has 29 heavy (non-hydrogen) atoms. The number of ether oxygens (including phenoxy) is 1. The third-order valence-corrected chi connectivity index (χ3v) is 4.69. The van der Waals surface area contributed by atoms with Gasteiger partial charge in [0.15, 0.2) is 0 Å². The van der Waals surface area contributed by atoms with E-state index in [1.807, 2.05) is 18.2 Å². The Morgan fingerprint density at radius 3 is 2.45 bits per heavy atom. The van der Waals surface area contributed by atoms with Crippen LogP contribution in [0.4, 0.5) is 10.5 Å². The molecule has 1 aliphatic rings. The van der Waals surface area contributed by atoms with Crippen molar-refractivity contribution in [3.8, 4) is 0 Å². The Kier molecular flexibility index (Phi) is 8.49. The molecule has 0 unspecified atom stereocenters. The minimum Gasteiger partial charge on any atom is -0.444 e. The highest BCUT2D eigenvalue weighted by Crippen LogP contribution is 2.26. The van der Waals surface area contributed by atoms with Crippen molar-refractivity contribution in [1.29, 1.82) is 0 Å². The molecule has 0 heterocycles. The number of alkyl carbamates (subject to hydrolysis) is 1. The van der Waals surface area contributed by atoms with Gasteiger partial charge in [0.25, 0.3) is 0 Å². The minimum atomic E-state index is -0.637. The normalized spacial score (nSPS) is 14.7. The van der Waals surface area contributed by atoms with Gasteiger partial charge in [-0.3, -0.25) is 9.59 Å². The number of anilines is 1. The molecule has 0 aromatic heterocycles. The first-order valence-corrected chi connectivity index (χ1v) is 10.3. The van der Waals surface area contributed by atoms with Crippen LogP contribution in [-0.2, 0) is 20.9 Å². The summed E-state index contributed by atoms with van der Waals surface area (Å²) in [6.45, 7) is 5.51. The summed E-state index contributed by atoms with van der Waals surface area (Å²) in [5.41, 5.74) is 0.899. The summed E-state index contributed by atoms with van der Waals surface area (Å²) in [7, 11) is 0. The van der Waals surface area contributed by atoms with Crippen molar-refractivity contribution in [2.24, 2.45) is 5.92 Å². The average Bonchev–Trinajstić information content (AvgIpc) is 2.65. The Morgan fingerprint density at radius 1 is 1.03 bits per heavy atom. The molecule has 0 saturated heterocycles. The topological polar surface area (TPSA) is 96.5 Å². The van der Waals surface area contributed by atoms with Crippen LogP contribution in [0.5, 0.6) is 0 Å². The molecule has 2 rings (SSSR count). The lowest BCUT2D eigenvalue weighted by Gasteiger charge is -2.20. The number of carbonyl (C=O) groups is 3. The monoisotopic (exact) mass is 403 g/mol. The Hall–Kier alpha value is -2.57. The van der Waals surface area contributed by atoms with Crippen LogP contribution in [0.15, 0.2) is 24.3 Å². The van der Waals surface area contributed by atoms with Crippen molar-refractivity contribution in [3.63, 3.8) is 0 Å². The molecule has 1 fully saturated rings. The van der Waals surface area contributed by atoms with Crippen molar-refractivity contribution >= 4 is 23.6 Å². The molecular weight excluding hydrogens is 370 g/mol. The fourth-order valence-electron chi connectivity index (χ4n) is 3.36. The summed E-state index contributed by atoms with van der Waals surface area (Å²) in [5, 5.41) is 8.12. The maximum atomic E-state index is 12.2. The Labute approximate surface area is 173 Å². The molecule has 7 heteroatoms. The summed E-state index contributed by atoms with van der Waals surface area (Å²) in [5.74, 6) is 0.231. The van der Waals surface area contributed by atoms with Crippen LogP contribution in [0.25, 0.3) is 0 Å². The van der Waals surface area contributed by atoms with Gasteiger partial charge in [0.2, 0.25) is 11.8 Å². The van der Waals surface area contributed by atoms with Gasteiger partial charge in [-0.1, -0.05) is 31.4 Å². The number of benzene rings is 1. The number of carbonyl (C=O) groups excluding carboxylic acids is 3. The van der Waals surface area contributed by atoms with Crippen molar-refractivity contribution in [1.82, 2.24) is 10.6 Å². The fraction of sp³-hybridized carbons (Fsp3) is 0.591. The van der Waals surface area contributed by atoms with Crippen molar-refractivity contribution in [3.05, 3.63) is 29.8 Å². The van der Waals surface area contributed by atoms with Gasteiger partial charge in [0.1, 0.15) is 12.1 Å². The van der Waals surface area contributed by atoms with Crippen LogP contribution in [0.2, 0.25) is 0 Å². The van der Waals surface area contributed by atoms with E-state index >= 15 is 0 Å². The molecule has 1 aliphatic carbocycles. The quantitative estimate of drug-likeness (QED) is 0.646. The molecule has 160 valence electrons. The largest absolute Gasteiger partial charge is 0.444 e. The summed E-state index contributed by atoms with van der Waals surface area (Å²) >= 11 is 0. The lowest BCUT2D eigenvalue weighted by atomic mass is 9.87. The molecule has 0 atom stereocenters. The number of hydrogen-bond donors (Lipinski definition) is 3. The average molecular weight is 404 g/mol. The van der Waals surface area contributed by atoms with Gasteiger partial charge in [-0.05, 0) is 57.2 Å². The van der Waals surface area contributed by atoms with E-state index in [9.17, 15) is 14.4 Å². The number of hydrogen-bond acceptors (Lipinski definition) is 4. The van der Waals surface area contributed by atoms with Crippen LogP contribution in [0, 0.1) is 5.92 Å². The zero-order valence-corrected chi connectivity index (χ0v) is 17.7. The second-order valence-electron chi connectivity index (χ2n) is 8.59. The lowest BCUT2D eigenvalue weighted by Crippen LogP contribution is -2.37. The van der Waals surface area contributed by atoms with Crippen molar-refractivity contribution in [2.45, 2.75) is 71.4 Å². The van der Waals surface area contributed by atoms with Crippen LogP contribution in [0.3, 0.4) is 0 Å². The van der Waals surface area contributed by atoms with Crippen molar-refractivity contribution in [2.75, 3.05) is 11.9 Å². The fourth-order valence-corrected chi connectivity index (χ4v) is 3.36. The Balaban J connectivity index is 1.74. The first-order chi connectivity index (χ1) is 13.7. The zero-order valence-electron chi connectivity index (χ0n) is 17.7. The summed E-state index contributed by atoms with van der Waals surface area (Å²) in [6, 6.07) is 7.29. The van der Waals surface area contributed by atoms with Gasteiger partial charge in [-0.25, -0.2) is 4.79 Å². The molecule has 1 aromatic rings. The highest BCUT2D eigenvalue weighted by Gasteiger charge is 2.17. The molecular formula is C22H33N3O4. The van der Waals surface area contributed by atoms with E-state index in [-0.39, 0.29) is 18.4 Å². The molecule has 7 nitrogen and oxygen atoms in total. The first-order valence-electron chi connectivity index (χ1n) is 10.3. The second kappa shape index (κ2) is 10.8. The molecule has 1 saturated carbocycles. The van der Waals surface area contributed by atoms with Crippen LogP contribution in [0.1, 0.15) is 64.9 Å². The molecule has 0 spiro atoms. The van der Waals surface area contributed by atoms with Crippen LogP contribution >= 0.6 is 0 Å². The van der Waals surface area contributed by atoms with E-state index in [1.165, 1.54) is 19.3 Å². The summed E-state index contributed by atoms with van der Waals surface area (Å²) in [4.78, 5) is 35.8. The molecule has 0 aliphatic heterocycles. The van der Waals surface area contributed by atoms with Gasteiger partial charge >= 0.3 is 6.09 Å². The minimum absolute atomic E-state index is 0.0768. The number of nitrogens with one attached hydrogen (secondary N) is 3. The van der Waals surface area contributed by atoms with E-state index in [4.69, 9.17) is 4.74 Å². The van der Waals surface area contributed by atoms with E-state index in [0.717, 1.165) is 18.4 Å². The molecule has 3 N–H and O–H groups in total. The maximum Gasteiger partial charge on any atom is 0.408 e. The molecule has 0 bridgehead atoms. The standard InChI is InChI=1S/C22H33N3O4/c1-22(2,3)29-21(28)24-15-20(27)25-18-11-7-10-17(12-18)14-23-19(26)13-16-8-5-4-6-9-16/h7,10-12,16H,4-6,8-9,13-15H2,1-3H3,(H,23,26)(H,24,28)(H,25,27). The zero-order chi connectivity index (χ0) is 21.3. The van der Waals surface area contributed by atoms with Crippen LogP contribution in [-0.4, -0.2) is 30.1 Å². The van der Waals surface area contributed by atoms with E-state index in [2.05, 4.69) is 16.0 Å². The lowest BCUT2D eigenvalue weighted by molar-refractivity contribution is -0.122. The number of amides is 3. The van der Waals surface area contributed by atoms with Crippen LogP contribution < -0.4 is 16.0 Å². The van der Waals surface area contributed by atoms with Gasteiger partial charge in [0.05, 0.1) is 0 Å². The van der Waals surface area contributed by atoms with Gasteiger partial charge in [-0.2, -0.15) is 0 Å². The second-order valence-corrected chi connectivity index (χ2v) is 8.59.